The second kappa shape index (κ2) is 9.11. The molecule has 1 aromatic rings. The summed E-state index contributed by atoms with van der Waals surface area (Å²) in [5, 5.41) is 0.785. The van der Waals surface area contributed by atoms with Crippen LogP contribution in [0.4, 0.5) is 5.69 Å². The van der Waals surface area contributed by atoms with Crippen LogP contribution in [0.5, 0.6) is 0 Å². The number of piperazine rings is 1. The fraction of sp³-hybridized carbons (Fsp3) is 0.632. The van der Waals surface area contributed by atoms with E-state index in [1.807, 2.05) is 12.1 Å². The van der Waals surface area contributed by atoms with Crippen molar-refractivity contribution in [2.75, 3.05) is 44.2 Å². The number of anilines is 1. The molecule has 1 amide bonds. The Hall–Kier alpha value is -0.970. The third-order valence-corrected chi connectivity index (χ3v) is 5.60. The van der Waals surface area contributed by atoms with Gasteiger partial charge in [0.1, 0.15) is 0 Å². The highest BCUT2D eigenvalue weighted by Gasteiger charge is 2.26. The Balaban J connectivity index is 0.00000225. The molecule has 2 heterocycles. The van der Waals surface area contributed by atoms with Gasteiger partial charge in [-0.2, -0.15) is 0 Å². The molecule has 0 N–H and O–H groups in total. The van der Waals surface area contributed by atoms with Crippen molar-refractivity contribution in [3.8, 4) is 0 Å². The van der Waals surface area contributed by atoms with Gasteiger partial charge in [-0.1, -0.05) is 17.7 Å². The number of amides is 1. The first-order chi connectivity index (χ1) is 11.5. The molecular weight excluding hydrogens is 357 g/mol. The maximum absolute atomic E-state index is 12.6. The van der Waals surface area contributed by atoms with Crippen LogP contribution in [-0.2, 0) is 4.79 Å². The van der Waals surface area contributed by atoms with Gasteiger partial charge in [0.15, 0.2) is 0 Å². The molecule has 2 saturated heterocycles. The van der Waals surface area contributed by atoms with Gasteiger partial charge >= 0.3 is 0 Å². The number of carbonyl (C=O) groups is 1. The van der Waals surface area contributed by atoms with Crippen molar-refractivity contribution >= 4 is 35.6 Å². The Morgan fingerprint density at radius 3 is 2.56 bits per heavy atom. The fourth-order valence-electron chi connectivity index (χ4n) is 3.82. The normalized spacial score (nSPS) is 21.8. The first-order valence-electron chi connectivity index (χ1n) is 9.07. The summed E-state index contributed by atoms with van der Waals surface area (Å²) >= 11 is 6.15. The second-order valence-corrected chi connectivity index (χ2v) is 7.56. The number of hydrogen-bond acceptors (Lipinski definition) is 3. The summed E-state index contributed by atoms with van der Waals surface area (Å²) in [6, 6.07) is 6.47. The Kier molecular flexibility index (Phi) is 7.41. The van der Waals surface area contributed by atoms with E-state index in [1.54, 1.807) is 0 Å². The molecule has 0 radical (unpaired) electrons. The number of rotatable bonds is 3. The molecule has 1 unspecified atom stereocenters. The Bertz CT molecular complexity index is 588. The minimum Gasteiger partial charge on any atom is -0.369 e. The third kappa shape index (κ3) is 5.02. The number of nitrogens with zero attached hydrogens (tertiary/aromatic N) is 3. The second-order valence-electron chi connectivity index (χ2n) is 7.13. The molecule has 25 heavy (non-hydrogen) atoms. The summed E-state index contributed by atoms with van der Waals surface area (Å²) in [6.45, 7) is 9.55. The summed E-state index contributed by atoms with van der Waals surface area (Å²) in [5.74, 6) is 0.301. The van der Waals surface area contributed by atoms with Crippen LogP contribution in [0.1, 0.15) is 31.7 Å². The third-order valence-electron chi connectivity index (χ3n) is 5.37. The summed E-state index contributed by atoms with van der Waals surface area (Å²) in [5.41, 5.74) is 2.48. The molecule has 2 fully saturated rings. The molecule has 0 saturated carbocycles. The molecule has 0 aromatic heterocycles. The van der Waals surface area contributed by atoms with Crippen molar-refractivity contribution in [2.45, 2.75) is 39.2 Å². The number of hydrogen-bond donors (Lipinski definition) is 0. The van der Waals surface area contributed by atoms with Crippen LogP contribution in [0.3, 0.4) is 0 Å². The smallest absolute Gasteiger partial charge is 0.236 e. The first kappa shape index (κ1) is 20.3. The van der Waals surface area contributed by atoms with Gasteiger partial charge in [-0.15, -0.1) is 12.4 Å². The molecule has 2 aliphatic rings. The summed E-state index contributed by atoms with van der Waals surface area (Å²) < 4.78 is 0. The number of halogens is 2. The van der Waals surface area contributed by atoms with E-state index in [9.17, 15) is 4.79 Å². The predicted octanol–water partition coefficient (Wildman–Crippen LogP) is 3.59. The van der Waals surface area contributed by atoms with Crippen molar-refractivity contribution < 1.29 is 4.79 Å². The quantitative estimate of drug-likeness (QED) is 0.794. The van der Waals surface area contributed by atoms with Crippen molar-refractivity contribution in [3.05, 3.63) is 28.8 Å². The van der Waals surface area contributed by atoms with E-state index in [2.05, 4.69) is 34.6 Å². The van der Waals surface area contributed by atoms with Crippen LogP contribution < -0.4 is 4.90 Å². The van der Waals surface area contributed by atoms with Crippen LogP contribution >= 0.6 is 24.0 Å². The molecule has 1 aromatic carbocycles. The standard InChI is InChI=1S/C19H28ClN3O.ClH/c1-15-6-7-17(20)13-18(15)22-11-9-21(10-12-22)14-19(24)23-8-4-3-5-16(23)2;/h6-7,13,16H,3-5,8-12,14H2,1-2H3;1H. The van der Waals surface area contributed by atoms with Crippen molar-refractivity contribution in [3.63, 3.8) is 0 Å². The van der Waals surface area contributed by atoms with E-state index in [0.717, 1.165) is 50.6 Å². The summed E-state index contributed by atoms with van der Waals surface area (Å²) in [7, 11) is 0. The predicted molar refractivity (Wildman–Crippen MR) is 107 cm³/mol. The number of piperidine rings is 1. The van der Waals surface area contributed by atoms with Gasteiger partial charge in [0.25, 0.3) is 0 Å². The van der Waals surface area contributed by atoms with E-state index in [0.29, 0.717) is 18.5 Å². The lowest BCUT2D eigenvalue weighted by molar-refractivity contribution is -0.135. The SMILES string of the molecule is Cc1ccc(Cl)cc1N1CCN(CC(=O)N2CCCCC2C)CC1.Cl. The molecule has 0 bridgehead atoms. The number of aryl methyl sites for hydroxylation is 1. The molecule has 4 nitrogen and oxygen atoms in total. The average Bonchev–Trinajstić information content (AvgIpc) is 2.58. The molecule has 2 aliphatic heterocycles. The van der Waals surface area contributed by atoms with E-state index < -0.39 is 0 Å². The van der Waals surface area contributed by atoms with Crippen molar-refractivity contribution in [1.82, 2.24) is 9.80 Å². The minimum absolute atomic E-state index is 0. The molecule has 6 heteroatoms. The largest absolute Gasteiger partial charge is 0.369 e. The van der Waals surface area contributed by atoms with Crippen LogP contribution in [-0.4, -0.2) is 61.0 Å². The topological polar surface area (TPSA) is 26.8 Å². The van der Waals surface area contributed by atoms with E-state index in [-0.39, 0.29) is 12.4 Å². The zero-order valence-corrected chi connectivity index (χ0v) is 16.8. The van der Waals surface area contributed by atoms with Crippen LogP contribution in [0.2, 0.25) is 5.02 Å². The maximum Gasteiger partial charge on any atom is 0.236 e. The number of carbonyl (C=O) groups excluding carboxylic acids is 1. The van der Waals surface area contributed by atoms with Crippen LogP contribution in [0, 0.1) is 6.92 Å². The maximum atomic E-state index is 12.6. The highest BCUT2D eigenvalue weighted by atomic mass is 35.5. The van der Waals surface area contributed by atoms with Gasteiger partial charge in [-0.3, -0.25) is 9.69 Å². The Morgan fingerprint density at radius 1 is 1.16 bits per heavy atom. The zero-order chi connectivity index (χ0) is 17.1. The number of likely N-dealkylation sites (tertiary alicyclic amines) is 1. The molecule has 1 atom stereocenters. The monoisotopic (exact) mass is 385 g/mol. The zero-order valence-electron chi connectivity index (χ0n) is 15.2. The van der Waals surface area contributed by atoms with E-state index in [4.69, 9.17) is 11.6 Å². The highest BCUT2D eigenvalue weighted by Crippen LogP contribution is 2.25. The van der Waals surface area contributed by atoms with Crippen LogP contribution in [0.25, 0.3) is 0 Å². The van der Waals surface area contributed by atoms with E-state index in [1.165, 1.54) is 17.7 Å². The number of benzene rings is 1. The molecule has 3 rings (SSSR count). The lowest BCUT2D eigenvalue weighted by Crippen LogP contribution is -2.52. The van der Waals surface area contributed by atoms with E-state index >= 15 is 0 Å². The fourth-order valence-corrected chi connectivity index (χ4v) is 3.99. The average molecular weight is 386 g/mol. The Morgan fingerprint density at radius 2 is 1.88 bits per heavy atom. The van der Waals surface area contributed by atoms with Crippen molar-refractivity contribution in [2.24, 2.45) is 0 Å². The summed E-state index contributed by atoms with van der Waals surface area (Å²) in [4.78, 5) is 19.3. The summed E-state index contributed by atoms with van der Waals surface area (Å²) in [6.07, 6.45) is 3.55. The lowest BCUT2D eigenvalue weighted by Gasteiger charge is -2.39. The van der Waals surface area contributed by atoms with Gasteiger partial charge in [-0.05, 0) is 50.8 Å². The van der Waals surface area contributed by atoms with Gasteiger partial charge in [0, 0.05) is 49.5 Å². The van der Waals surface area contributed by atoms with Gasteiger partial charge < -0.3 is 9.80 Å². The molecular formula is C19H29Cl2N3O. The van der Waals surface area contributed by atoms with Gasteiger partial charge in [0.2, 0.25) is 5.91 Å². The van der Waals surface area contributed by atoms with Crippen LogP contribution in [0.15, 0.2) is 18.2 Å². The Labute approximate surface area is 162 Å². The van der Waals surface area contributed by atoms with Gasteiger partial charge in [0.05, 0.1) is 6.54 Å². The lowest BCUT2D eigenvalue weighted by atomic mass is 10.0. The minimum atomic E-state index is 0. The molecule has 140 valence electrons. The highest BCUT2D eigenvalue weighted by molar-refractivity contribution is 6.30. The molecule has 0 spiro atoms. The van der Waals surface area contributed by atoms with Crippen molar-refractivity contribution in [1.29, 1.82) is 0 Å². The van der Waals surface area contributed by atoms with Gasteiger partial charge in [-0.25, -0.2) is 0 Å². The first-order valence-corrected chi connectivity index (χ1v) is 9.45. The molecule has 0 aliphatic carbocycles.